The van der Waals surface area contributed by atoms with Crippen LogP contribution in [0.4, 0.5) is 26.3 Å². The Hall–Kier alpha value is -9.46. The maximum atomic E-state index is 16.5. The van der Waals surface area contributed by atoms with Gasteiger partial charge in [-0.2, -0.15) is 0 Å². The molecule has 1 aliphatic rings. The second kappa shape index (κ2) is 28.6. The van der Waals surface area contributed by atoms with Crippen LogP contribution in [0.1, 0.15) is 84.0 Å². The molecule has 89 heavy (non-hydrogen) atoms. The molecule has 0 saturated carbocycles. The first-order chi connectivity index (χ1) is 43.5. The molecular weight excluding hydrogens is 1140 g/mol. The summed E-state index contributed by atoms with van der Waals surface area (Å²) in [5.41, 5.74) is 6.15. The van der Waals surface area contributed by atoms with E-state index in [1.165, 1.54) is 0 Å². The molecule has 7 nitrogen and oxygen atoms in total. The summed E-state index contributed by atoms with van der Waals surface area (Å²) < 4.78 is 141. The Labute approximate surface area is 515 Å². The van der Waals surface area contributed by atoms with Crippen molar-refractivity contribution in [1.29, 1.82) is 0 Å². The Morgan fingerprint density at radius 3 is 0.764 bits per heavy atom. The van der Waals surface area contributed by atoms with E-state index in [2.05, 4.69) is 13.8 Å². The monoisotopic (exact) mass is 1200 g/mol. The minimum atomic E-state index is -1.67. The third kappa shape index (κ3) is 14.1. The van der Waals surface area contributed by atoms with E-state index < -0.39 is 34.9 Å². The first-order valence-electron chi connectivity index (χ1n) is 30.1. The Balaban J connectivity index is 1.38. The van der Waals surface area contributed by atoms with Crippen LogP contribution in [-0.4, -0.2) is 17.6 Å². The zero-order chi connectivity index (χ0) is 61.7. The number of ether oxygens (including phenoxy) is 6. The molecule has 11 rings (SSSR count). The van der Waals surface area contributed by atoms with Gasteiger partial charge in [0.15, 0.2) is 57.9 Å². The third-order valence-electron chi connectivity index (χ3n) is 16.1. The summed E-state index contributed by atoms with van der Waals surface area (Å²) >= 11 is 0. The van der Waals surface area contributed by atoms with Gasteiger partial charge in [-0.3, -0.25) is 0 Å². The lowest BCUT2D eigenvalue weighted by atomic mass is 9.84. The van der Waals surface area contributed by atoms with Crippen molar-refractivity contribution in [1.82, 2.24) is 0 Å². The molecule has 0 aliphatic carbocycles. The van der Waals surface area contributed by atoms with Gasteiger partial charge in [0.1, 0.15) is 52.7 Å². The smallest absolute Gasteiger partial charge is 0.205 e. The van der Waals surface area contributed by atoms with Crippen LogP contribution < -0.4 is 28.4 Å². The molecule has 0 bridgehead atoms. The number of unbranched alkanes of at least 4 members (excludes halogenated alkanes) is 2. The maximum absolute atomic E-state index is 16.5. The number of benzene rings is 10. The molecule has 0 saturated heterocycles. The highest BCUT2D eigenvalue weighted by Crippen LogP contribution is 2.63. The Morgan fingerprint density at radius 2 is 0.528 bits per heavy atom. The normalized spacial score (nSPS) is 12.4. The number of rotatable bonds is 26. The molecule has 1 aliphatic heterocycles. The largest absolute Gasteiger partial charge is 0.484 e. The number of quaternary nitrogens is 1. The highest BCUT2D eigenvalue weighted by atomic mass is 19.2. The quantitative estimate of drug-likeness (QED) is 0.0306. The van der Waals surface area contributed by atoms with E-state index in [1.54, 1.807) is 0 Å². The Bertz CT molecular complexity index is 3700. The average Bonchev–Trinajstić information content (AvgIpc) is 1.69. The van der Waals surface area contributed by atoms with Gasteiger partial charge in [-0.05, 0) is 81.6 Å². The lowest BCUT2D eigenvalue weighted by molar-refractivity contribution is -0.953. The van der Waals surface area contributed by atoms with Crippen molar-refractivity contribution in [3.8, 4) is 67.9 Å². The summed E-state index contributed by atoms with van der Waals surface area (Å²) in [5, 5.41) is 0. The van der Waals surface area contributed by atoms with Gasteiger partial charge in [-0.15, -0.1) is 0 Å². The molecule has 0 atom stereocenters. The third-order valence-corrected chi connectivity index (χ3v) is 16.1. The highest BCUT2D eigenvalue weighted by Gasteiger charge is 2.45. The molecule has 454 valence electrons. The van der Waals surface area contributed by atoms with Gasteiger partial charge in [-0.25, -0.2) is 26.3 Å². The lowest BCUT2D eigenvalue weighted by Gasteiger charge is -2.39. The van der Waals surface area contributed by atoms with Gasteiger partial charge in [0, 0.05) is 33.4 Å². The predicted molar refractivity (Wildman–Crippen MR) is 334 cm³/mol. The van der Waals surface area contributed by atoms with Crippen LogP contribution in [0.15, 0.2) is 206 Å². The molecule has 0 unspecified atom stereocenters. The number of hydrogen-bond donors (Lipinski definition) is 0. The summed E-state index contributed by atoms with van der Waals surface area (Å²) in [6.07, 6.45) is 2.86. The van der Waals surface area contributed by atoms with Gasteiger partial charge >= 0.3 is 0 Å². The molecule has 0 fully saturated rings. The summed E-state index contributed by atoms with van der Waals surface area (Å²) in [7, 11) is 0. The van der Waals surface area contributed by atoms with E-state index in [1.807, 2.05) is 182 Å². The Morgan fingerprint density at radius 1 is 0.303 bits per heavy atom. The topological polar surface area (TPSA) is 55.4 Å². The summed E-state index contributed by atoms with van der Waals surface area (Å²) in [6.45, 7) is 4.96. The van der Waals surface area contributed by atoms with E-state index in [-0.39, 0.29) is 114 Å². The number of hydrogen-bond acceptors (Lipinski definition) is 6. The van der Waals surface area contributed by atoms with Crippen molar-refractivity contribution in [2.75, 3.05) is 13.1 Å². The van der Waals surface area contributed by atoms with E-state index in [4.69, 9.17) is 28.4 Å². The van der Waals surface area contributed by atoms with Crippen molar-refractivity contribution in [2.45, 2.75) is 92.3 Å². The van der Waals surface area contributed by atoms with E-state index >= 15 is 26.3 Å². The number of halogens is 6. The summed E-state index contributed by atoms with van der Waals surface area (Å²) in [6, 6.07) is 60.5. The van der Waals surface area contributed by atoms with Crippen LogP contribution in [0, 0.1) is 34.9 Å². The zero-order valence-corrected chi connectivity index (χ0v) is 49.7. The van der Waals surface area contributed by atoms with Crippen LogP contribution in [0.2, 0.25) is 0 Å². The van der Waals surface area contributed by atoms with Gasteiger partial charge in [0.25, 0.3) is 0 Å². The molecule has 10 aromatic rings. The second-order valence-electron chi connectivity index (χ2n) is 22.4. The van der Waals surface area contributed by atoms with Crippen LogP contribution in [0.3, 0.4) is 0 Å². The minimum Gasteiger partial charge on any atom is -0.484 e. The van der Waals surface area contributed by atoms with Gasteiger partial charge in [0.2, 0.25) is 11.5 Å². The van der Waals surface area contributed by atoms with Crippen molar-refractivity contribution in [3.05, 3.63) is 286 Å². The summed E-state index contributed by atoms with van der Waals surface area (Å²) in [4.78, 5) is 0. The van der Waals surface area contributed by atoms with E-state index in [0.29, 0.717) is 48.2 Å². The van der Waals surface area contributed by atoms with Gasteiger partial charge < -0.3 is 32.9 Å². The standard InChI is InChI=1S/C76H68F6NO6/c1-3-5-37-83(38-6-4-2)43-59-65(57-39-61(77)69(81)62(78)40-57)71(84-45-51-25-13-7-14-26-51)75(88-49-55-33-21-11-22-34-55)73(86-47-53-29-17-9-18-30-53)67(59)68-60(44-83)66(58-41-63(79)70(82)64(80)42-58)72(85-46-52-27-15-8-16-28-52)76(89-50-56-35-23-12-24-36-56)74(68)87-48-54-31-19-10-20-32-54/h7-36,39-42H,3-6,37-38,43-50H2,1-2H3/q+1. The fourth-order valence-corrected chi connectivity index (χ4v) is 11.6. The lowest BCUT2D eigenvalue weighted by Crippen LogP contribution is -2.47. The molecule has 0 aromatic heterocycles. The fourth-order valence-electron chi connectivity index (χ4n) is 11.6. The highest BCUT2D eigenvalue weighted by molar-refractivity contribution is 5.98. The molecule has 0 N–H and O–H groups in total. The fraction of sp³-hybridized carbons (Fsp3) is 0.211. The van der Waals surface area contributed by atoms with Gasteiger partial charge in [-0.1, -0.05) is 209 Å². The average molecular weight is 1210 g/mol. The molecule has 10 aromatic carbocycles. The number of nitrogens with zero attached hydrogens (tertiary/aromatic N) is 1. The first kappa shape index (κ1) is 61.2. The first-order valence-corrected chi connectivity index (χ1v) is 30.1. The molecule has 0 amide bonds. The maximum Gasteiger partial charge on any atom is 0.205 e. The predicted octanol–water partition coefficient (Wildman–Crippen LogP) is 19.4. The molecule has 1 heterocycles. The van der Waals surface area contributed by atoms with E-state index in [0.717, 1.165) is 70.5 Å². The van der Waals surface area contributed by atoms with Crippen LogP contribution in [-0.2, 0) is 52.7 Å². The van der Waals surface area contributed by atoms with E-state index in [9.17, 15) is 0 Å². The molecule has 0 spiro atoms. The summed E-state index contributed by atoms with van der Waals surface area (Å²) in [5.74, 6) is -8.79. The van der Waals surface area contributed by atoms with Crippen LogP contribution >= 0.6 is 0 Å². The van der Waals surface area contributed by atoms with Gasteiger partial charge in [0.05, 0.1) is 13.1 Å². The van der Waals surface area contributed by atoms with Crippen molar-refractivity contribution in [3.63, 3.8) is 0 Å². The van der Waals surface area contributed by atoms with Crippen molar-refractivity contribution in [2.24, 2.45) is 0 Å². The van der Waals surface area contributed by atoms with Crippen LogP contribution in [0.5, 0.6) is 34.5 Å². The second-order valence-corrected chi connectivity index (χ2v) is 22.4. The Kier molecular flexibility index (Phi) is 19.7. The SMILES string of the molecule is CCCC[N+]1(CCCC)Cc2c(-c3cc(F)c(F)c(F)c3)c(OCc3ccccc3)c(OCc3ccccc3)c(OCc3ccccc3)c2-c2c(c(-c3cc(F)c(F)c(F)c3)c(OCc3ccccc3)c(OCc3ccccc3)c2OCc2ccccc2)C1. The minimum absolute atomic E-state index is 0.0123. The number of fused-ring (bicyclic) bond motifs is 3. The molecule has 13 heteroatoms. The van der Waals surface area contributed by atoms with Crippen LogP contribution in [0.25, 0.3) is 33.4 Å². The zero-order valence-electron chi connectivity index (χ0n) is 49.7. The van der Waals surface area contributed by atoms with Crippen molar-refractivity contribution < 1.29 is 59.2 Å². The molecular formula is C76H68F6NO6+. The van der Waals surface area contributed by atoms with Crippen molar-refractivity contribution >= 4 is 0 Å². The molecule has 0 radical (unpaired) electrons.